The first-order valence-electron chi connectivity index (χ1n) is 8.37. The molecule has 2 rings (SSSR count). The zero-order valence-electron chi connectivity index (χ0n) is 13.4. The predicted molar refractivity (Wildman–Crippen MR) is 86.7 cm³/mol. The van der Waals surface area contributed by atoms with Gasteiger partial charge in [-0.1, -0.05) is 38.3 Å². The molecular formula is C18H29FN2. The average molecular weight is 292 g/mol. The van der Waals surface area contributed by atoms with E-state index in [-0.39, 0.29) is 11.9 Å². The van der Waals surface area contributed by atoms with Crippen molar-refractivity contribution in [1.29, 1.82) is 0 Å². The van der Waals surface area contributed by atoms with Crippen LogP contribution in [0.2, 0.25) is 0 Å². The standard InChI is InChI=1S/C18H29FN2/c1-3-12-18(20,16-8-10-17(19)11-9-16)15(2)21-13-6-4-5-7-14-21/h8-11,15H,3-7,12-14,20H2,1-2H3. The van der Waals surface area contributed by atoms with E-state index >= 15 is 0 Å². The summed E-state index contributed by atoms with van der Waals surface area (Å²) in [7, 11) is 0. The van der Waals surface area contributed by atoms with Crippen LogP contribution in [0.3, 0.4) is 0 Å². The Morgan fingerprint density at radius 2 is 1.71 bits per heavy atom. The van der Waals surface area contributed by atoms with Gasteiger partial charge < -0.3 is 5.73 Å². The van der Waals surface area contributed by atoms with Gasteiger partial charge in [-0.25, -0.2) is 4.39 Å². The van der Waals surface area contributed by atoms with Crippen LogP contribution in [0.15, 0.2) is 24.3 Å². The van der Waals surface area contributed by atoms with Crippen LogP contribution < -0.4 is 5.73 Å². The molecule has 1 aromatic carbocycles. The third-order valence-electron chi connectivity index (χ3n) is 4.98. The van der Waals surface area contributed by atoms with Gasteiger partial charge in [0.25, 0.3) is 0 Å². The molecule has 2 unspecified atom stereocenters. The van der Waals surface area contributed by atoms with Gasteiger partial charge in [0, 0.05) is 6.04 Å². The number of rotatable bonds is 5. The molecule has 2 nitrogen and oxygen atoms in total. The minimum Gasteiger partial charge on any atom is -0.320 e. The van der Waals surface area contributed by atoms with E-state index in [0.717, 1.165) is 31.5 Å². The van der Waals surface area contributed by atoms with Gasteiger partial charge in [-0.3, -0.25) is 4.90 Å². The van der Waals surface area contributed by atoms with E-state index in [9.17, 15) is 4.39 Å². The highest BCUT2D eigenvalue weighted by molar-refractivity contribution is 5.26. The van der Waals surface area contributed by atoms with E-state index in [0.29, 0.717) is 0 Å². The highest BCUT2D eigenvalue weighted by Gasteiger charge is 2.36. The molecule has 1 heterocycles. The molecule has 0 aliphatic carbocycles. The van der Waals surface area contributed by atoms with Crippen molar-refractivity contribution in [3.05, 3.63) is 35.6 Å². The normalized spacial score (nSPS) is 21.5. The molecule has 1 aromatic rings. The molecule has 0 aromatic heterocycles. The minimum absolute atomic E-state index is 0.194. The molecule has 2 N–H and O–H groups in total. The van der Waals surface area contributed by atoms with Gasteiger partial charge >= 0.3 is 0 Å². The molecule has 1 saturated heterocycles. The molecule has 0 saturated carbocycles. The fraction of sp³-hybridized carbons (Fsp3) is 0.667. The molecular weight excluding hydrogens is 263 g/mol. The summed E-state index contributed by atoms with van der Waals surface area (Å²) in [6, 6.07) is 7.06. The van der Waals surface area contributed by atoms with Crippen LogP contribution in [0.5, 0.6) is 0 Å². The van der Waals surface area contributed by atoms with Gasteiger partial charge in [-0.05, 0) is 57.0 Å². The molecule has 1 aliphatic heterocycles. The first kappa shape index (κ1) is 16.4. The lowest BCUT2D eigenvalue weighted by molar-refractivity contribution is 0.127. The quantitative estimate of drug-likeness (QED) is 0.887. The molecule has 118 valence electrons. The third-order valence-corrected chi connectivity index (χ3v) is 4.98. The lowest BCUT2D eigenvalue weighted by atomic mass is 9.80. The van der Waals surface area contributed by atoms with Gasteiger partial charge in [-0.2, -0.15) is 0 Å². The maximum atomic E-state index is 13.2. The maximum absolute atomic E-state index is 13.2. The maximum Gasteiger partial charge on any atom is 0.123 e. The Morgan fingerprint density at radius 1 is 1.14 bits per heavy atom. The largest absolute Gasteiger partial charge is 0.320 e. The van der Waals surface area contributed by atoms with Crippen molar-refractivity contribution in [1.82, 2.24) is 4.90 Å². The summed E-state index contributed by atoms with van der Waals surface area (Å²) >= 11 is 0. The van der Waals surface area contributed by atoms with Crippen molar-refractivity contribution >= 4 is 0 Å². The molecule has 1 aliphatic rings. The van der Waals surface area contributed by atoms with E-state index in [4.69, 9.17) is 5.73 Å². The molecule has 0 spiro atoms. The summed E-state index contributed by atoms with van der Waals surface area (Å²) < 4.78 is 13.2. The summed E-state index contributed by atoms with van der Waals surface area (Å²) in [6.07, 6.45) is 7.13. The molecule has 21 heavy (non-hydrogen) atoms. The Balaban J connectivity index is 2.24. The van der Waals surface area contributed by atoms with Crippen molar-refractivity contribution in [3.8, 4) is 0 Å². The van der Waals surface area contributed by atoms with Crippen molar-refractivity contribution in [2.45, 2.75) is 64.0 Å². The smallest absolute Gasteiger partial charge is 0.123 e. The van der Waals surface area contributed by atoms with Crippen molar-refractivity contribution in [2.75, 3.05) is 13.1 Å². The van der Waals surface area contributed by atoms with Gasteiger partial charge in [0.15, 0.2) is 0 Å². The second kappa shape index (κ2) is 7.37. The van der Waals surface area contributed by atoms with Gasteiger partial charge in [0.2, 0.25) is 0 Å². The van der Waals surface area contributed by atoms with Crippen LogP contribution in [0, 0.1) is 5.82 Å². The zero-order valence-corrected chi connectivity index (χ0v) is 13.4. The zero-order chi connectivity index (χ0) is 15.3. The van der Waals surface area contributed by atoms with Crippen LogP contribution in [0.1, 0.15) is 57.9 Å². The molecule has 3 heteroatoms. The summed E-state index contributed by atoms with van der Waals surface area (Å²) in [5, 5.41) is 0. The Morgan fingerprint density at radius 3 is 2.24 bits per heavy atom. The van der Waals surface area contributed by atoms with Crippen molar-refractivity contribution in [3.63, 3.8) is 0 Å². The monoisotopic (exact) mass is 292 g/mol. The fourth-order valence-electron chi connectivity index (χ4n) is 3.58. The van der Waals surface area contributed by atoms with Gasteiger partial charge in [0.05, 0.1) is 5.54 Å². The highest BCUT2D eigenvalue weighted by Crippen LogP contribution is 2.32. The molecule has 1 fully saturated rings. The van der Waals surface area contributed by atoms with E-state index in [1.807, 2.05) is 12.1 Å². The van der Waals surface area contributed by atoms with Crippen LogP contribution >= 0.6 is 0 Å². The number of benzene rings is 1. The molecule has 0 amide bonds. The topological polar surface area (TPSA) is 29.3 Å². The second-order valence-corrected chi connectivity index (χ2v) is 6.42. The Hall–Kier alpha value is -0.930. The van der Waals surface area contributed by atoms with E-state index in [2.05, 4.69) is 18.7 Å². The van der Waals surface area contributed by atoms with Crippen molar-refractivity contribution < 1.29 is 4.39 Å². The minimum atomic E-state index is -0.396. The third kappa shape index (κ3) is 3.83. The van der Waals surface area contributed by atoms with Crippen LogP contribution in [-0.4, -0.2) is 24.0 Å². The number of hydrogen-bond donors (Lipinski definition) is 1. The summed E-state index contributed by atoms with van der Waals surface area (Å²) in [5.41, 5.74) is 7.50. The number of nitrogens with zero attached hydrogens (tertiary/aromatic N) is 1. The van der Waals surface area contributed by atoms with Crippen LogP contribution in [-0.2, 0) is 5.54 Å². The number of nitrogens with two attached hydrogens (primary N) is 1. The Kier molecular flexibility index (Phi) is 5.77. The molecule has 0 bridgehead atoms. The summed E-state index contributed by atoms with van der Waals surface area (Å²) in [5.74, 6) is -0.194. The van der Waals surface area contributed by atoms with Crippen molar-refractivity contribution in [2.24, 2.45) is 5.73 Å². The lowest BCUT2D eigenvalue weighted by Crippen LogP contribution is -2.55. The molecule has 2 atom stereocenters. The Labute approximate surface area is 128 Å². The number of halogens is 1. The first-order valence-corrected chi connectivity index (χ1v) is 8.37. The Bertz CT molecular complexity index is 423. The van der Waals surface area contributed by atoms with Gasteiger partial charge in [0.1, 0.15) is 5.82 Å². The fourth-order valence-corrected chi connectivity index (χ4v) is 3.58. The summed E-state index contributed by atoms with van der Waals surface area (Å²) in [4.78, 5) is 2.53. The van der Waals surface area contributed by atoms with Gasteiger partial charge in [-0.15, -0.1) is 0 Å². The highest BCUT2D eigenvalue weighted by atomic mass is 19.1. The second-order valence-electron chi connectivity index (χ2n) is 6.42. The number of likely N-dealkylation sites (tertiary alicyclic amines) is 1. The van der Waals surface area contributed by atoms with E-state index in [1.54, 1.807) is 0 Å². The van der Waals surface area contributed by atoms with E-state index in [1.165, 1.54) is 37.8 Å². The number of hydrogen-bond acceptors (Lipinski definition) is 2. The SMILES string of the molecule is CCCC(N)(c1ccc(F)cc1)C(C)N1CCCCCC1. The lowest BCUT2D eigenvalue weighted by Gasteiger charge is -2.42. The van der Waals surface area contributed by atoms with Crippen LogP contribution in [0.4, 0.5) is 4.39 Å². The first-order chi connectivity index (χ1) is 10.1. The molecule has 0 radical (unpaired) electrons. The summed E-state index contributed by atoms with van der Waals surface area (Å²) in [6.45, 7) is 6.67. The van der Waals surface area contributed by atoms with E-state index < -0.39 is 5.54 Å². The van der Waals surface area contributed by atoms with Crippen LogP contribution in [0.25, 0.3) is 0 Å². The predicted octanol–water partition coefficient (Wildman–Crippen LogP) is 4.04. The average Bonchev–Trinajstić information content (AvgIpc) is 2.76.